The number of hydrogen-bond donors (Lipinski definition) is 2. The number of aryl methyl sites for hydroxylation is 3. The average Bonchev–Trinajstić information content (AvgIpc) is 3.03. The highest BCUT2D eigenvalue weighted by Crippen LogP contribution is 2.30. The van der Waals surface area contributed by atoms with Crippen LogP contribution in [0.15, 0.2) is 84.2 Å². The van der Waals surface area contributed by atoms with Gasteiger partial charge < -0.3 is 20.4 Å². The van der Waals surface area contributed by atoms with Crippen LogP contribution in [0.2, 0.25) is 0 Å². The van der Waals surface area contributed by atoms with Crippen LogP contribution in [-0.2, 0) is 11.3 Å². The first-order valence-electron chi connectivity index (χ1n) is 15.1. The molecule has 228 valence electrons. The SMILES string of the molecule is Cc1ccc(-c2cn(CC3CCOCC3)cc(C(=O)Nc3ccc(-c4cc(-c5cc(C)nc(C)c5)cnc4N)cn3)c2=O)cc1. The minimum Gasteiger partial charge on any atom is -0.383 e. The molecule has 5 aromatic rings. The molecule has 1 amide bonds. The van der Waals surface area contributed by atoms with E-state index in [0.29, 0.717) is 29.7 Å². The second kappa shape index (κ2) is 12.8. The van der Waals surface area contributed by atoms with E-state index >= 15 is 0 Å². The molecular formula is C36H36N6O3. The number of nitrogens with two attached hydrogens (primary N) is 1. The number of rotatable bonds is 7. The minimum absolute atomic E-state index is 0.0649. The lowest BCUT2D eigenvalue weighted by Crippen LogP contribution is -2.27. The molecule has 9 nitrogen and oxygen atoms in total. The number of aromatic nitrogens is 4. The maximum Gasteiger partial charge on any atom is 0.262 e. The molecule has 45 heavy (non-hydrogen) atoms. The summed E-state index contributed by atoms with van der Waals surface area (Å²) in [6.45, 7) is 8.06. The number of nitrogens with zero attached hydrogens (tertiary/aromatic N) is 4. The highest BCUT2D eigenvalue weighted by molar-refractivity contribution is 6.04. The summed E-state index contributed by atoms with van der Waals surface area (Å²) in [4.78, 5) is 40.6. The second-order valence-corrected chi connectivity index (χ2v) is 11.7. The first kappa shape index (κ1) is 29.9. The Bertz CT molecular complexity index is 1890. The molecule has 0 atom stereocenters. The summed E-state index contributed by atoms with van der Waals surface area (Å²) in [6, 6.07) is 17.3. The summed E-state index contributed by atoms with van der Waals surface area (Å²) in [5.74, 6) is 0.589. The summed E-state index contributed by atoms with van der Waals surface area (Å²) >= 11 is 0. The number of carbonyl (C=O) groups is 1. The van der Waals surface area contributed by atoms with Gasteiger partial charge in [-0.05, 0) is 81.0 Å². The van der Waals surface area contributed by atoms with Gasteiger partial charge in [-0.1, -0.05) is 29.8 Å². The van der Waals surface area contributed by atoms with Gasteiger partial charge in [0.1, 0.15) is 17.2 Å². The Kier molecular flexibility index (Phi) is 8.53. The van der Waals surface area contributed by atoms with Crippen molar-refractivity contribution in [2.45, 2.75) is 40.2 Å². The topological polar surface area (TPSA) is 125 Å². The molecule has 1 aromatic carbocycles. The predicted molar refractivity (Wildman–Crippen MR) is 177 cm³/mol. The molecule has 0 spiro atoms. The Hall–Kier alpha value is -5.15. The molecule has 9 heteroatoms. The summed E-state index contributed by atoms with van der Waals surface area (Å²) in [6.07, 6.45) is 8.77. The van der Waals surface area contributed by atoms with E-state index in [1.54, 1.807) is 24.7 Å². The molecule has 0 aliphatic carbocycles. The van der Waals surface area contributed by atoms with Crippen molar-refractivity contribution in [3.63, 3.8) is 0 Å². The van der Waals surface area contributed by atoms with Crippen molar-refractivity contribution in [3.8, 4) is 33.4 Å². The Morgan fingerprint density at radius 1 is 0.867 bits per heavy atom. The number of ether oxygens (including phenoxy) is 1. The molecule has 0 saturated carbocycles. The normalized spacial score (nSPS) is 13.5. The number of pyridine rings is 4. The first-order chi connectivity index (χ1) is 21.7. The standard InChI is InChI=1S/C36H36N6O3/c1-22-4-6-26(7-5-22)31-20-42(19-25-10-12-45-13-11-25)21-32(34(31)43)36(44)41-33-9-8-27(17-38-33)30-16-29(18-39-35(30)37)28-14-23(2)40-24(3)15-28/h4-9,14-18,20-21,25H,10-13,19H2,1-3H3,(H2,37,39)(H,38,41,44). The van der Waals surface area contributed by atoms with Crippen molar-refractivity contribution >= 4 is 17.5 Å². The fraction of sp³-hybridized carbons (Fsp3) is 0.250. The smallest absolute Gasteiger partial charge is 0.262 e. The molecule has 5 heterocycles. The summed E-state index contributed by atoms with van der Waals surface area (Å²) in [7, 11) is 0. The van der Waals surface area contributed by atoms with Crippen LogP contribution in [0.3, 0.4) is 0 Å². The van der Waals surface area contributed by atoms with Crippen LogP contribution in [0, 0.1) is 26.7 Å². The van der Waals surface area contributed by atoms with E-state index in [0.717, 1.165) is 70.8 Å². The van der Waals surface area contributed by atoms with Gasteiger partial charge in [-0.15, -0.1) is 0 Å². The highest BCUT2D eigenvalue weighted by atomic mass is 16.5. The molecule has 0 unspecified atom stereocenters. The third-order valence-electron chi connectivity index (χ3n) is 8.15. The molecule has 1 saturated heterocycles. The molecular weight excluding hydrogens is 564 g/mol. The largest absolute Gasteiger partial charge is 0.383 e. The molecule has 3 N–H and O–H groups in total. The summed E-state index contributed by atoms with van der Waals surface area (Å²) in [5, 5.41) is 2.82. The van der Waals surface area contributed by atoms with Crippen LogP contribution in [-0.4, -0.2) is 38.6 Å². The molecule has 1 aliphatic heterocycles. The number of benzene rings is 1. The lowest BCUT2D eigenvalue weighted by atomic mass is 9.99. The van der Waals surface area contributed by atoms with Crippen molar-refractivity contribution in [2.24, 2.45) is 5.92 Å². The van der Waals surface area contributed by atoms with Crippen LogP contribution < -0.4 is 16.5 Å². The lowest BCUT2D eigenvalue weighted by Gasteiger charge is -2.23. The first-order valence-corrected chi connectivity index (χ1v) is 15.1. The van der Waals surface area contributed by atoms with E-state index in [1.807, 2.05) is 80.1 Å². The van der Waals surface area contributed by atoms with E-state index in [-0.39, 0.29) is 11.0 Å². The van der Waals surface area contributed by atoms with E-state index < -0.39 is 5.91 Å². The van der Waals surface area contributed by atoms with Gasteiger partial charge in [-0.25, -0.2) is 9.97 Å². The van der Waals surface area contributed by atoms with Gasteiger partial charge in [0.05, 0.1) is 0 Å². The van der Waals surface area contributed by atoms with Crippen molar-refractivity contribution in [1.82, 2.24) is 19.5 Å². The zero-order chi connectivity index (χ0) is 31.5. The van der Waals surface area contributed by atoms with Gasteiger partial charge in [-0.3, -0.25) is 14.6 Å². The highest BCUT2D eigenvalue weighted by Gasteiger charge is 2.20. The second-order valence-electron chi connectivity index (χ2n) is 11.7. The van der Waals surface area contributed by atoms with Gasteiger partial charge in [0.25, 0.3) is 5.91 Å². The van der Waals surface area contributed by atoms with Crippen molar-refractivity contribution in [1.29, 1.82) is 0 Å². The van der Waals surface area contributed by atoms with Gasteiger partial charge in [-0.2, -0.15) is 0 Å². The minimum atomic E-state index is -0.512. The molecule has 1 aliphatic rings. The van der Waals surface area contributed by atoms with E-state index in [1.165, 1.54) is 0 Å². The van der Waals surface area contributed by atoms with Crippen molar-refractivity contribution in [3.05, 3.63) is 112 Å². The number of carbonyl (C=O) groups excluding carboxylic acids is 1. The number of anilines is 2. The Morgan fingerprint density at radius 2 is 1.56 bits per heavy atom. The number of amides is 1. The third kappa shape index (κ3) is 6.84. The predicted octanol–water partition coefficient (Wildman–Crippen LogP) is 6.22. The van der Waals surface area contributed by atoms with E-state index in [2.05, 4.69) is 20.3 Å². The average molecular weight is 601 g/mol. The number of nitrogen functional groups attached to an aromatic ring is 1. The zero-order valence-corrected chi connectivity index (χ0v) is 25.7. The maximum atomic E-state index is 13.7. The van der Waals surface area contributed by atoms with Crippen LogP contribution in [0.1, 0.15) is 40.2 Å². The van der Waals surface area contributed by atoms with Gasteiger partial charge in [0.2, 0.25) is 5.43 Å². The zero-order valence-electron chi connectivity index (χ0n) is 25.7. The van der Waals surface area contributed by atoms with E-state index in [9.17, 15) is 9.59 Å². The van der Waals surface area contributed by atoms with Crippen LogP contribution in [0.5, 0.6) is 0 Å². The maximum absolute atomic E-state index is 13.7. The van der Waals surface area contributed by atoms with Crippen LogP contribution in [0.25, 0.3) is 33.4 Å². The van der Waals surface area contributed by atoms with Gasteiger partial charge in [0, 0.05) is 78.2 Å². The summed E-state index contributed by atoms with van der Waals surface area (Å²) < 4.78 is 7.49. The van der Waals surface area contributed by atoms with Crippen LogP contribution >= 0.6 is 0 Å². The third-order valence-corrected chi connectivity index (χ3v) is 8.15. The van der Waals surface area contributed by atoms with E-state index in [4.69, 9.17) is 10.5 Å². The molecule has 0 bridgehead atoms. The Balaban J connectivity index is 1.27. The molecule has 1 fully saturated rings. The Morgan fingerprint density at radius 3 is 2.24 bits per heavy atom. The molecule has 4 aromatic heterocycles. The van der Waals surface area contributed by atoms with Gasteiger partial charge >= 0.3 is 0 Å². The van der Waals surface area contributed by atoms with Crippen LogP contribution in [0.4, 0.5) is 11.6 Å². The molecule has 6 rings (SSSR count). The van der Waals surface area contributed by atoms with Crippen molar-refractivity contribution in [2.75, 3.05) is 24.3 Å². The summed E-state index contributed by atoms with van der Waals surface area (Å²) in [5.41, 5.74) is 13.6. The van der Waals surface area contributed by atoms with Crippen molar-refractivity contribution < 1.29 is 9.53 Å². The lowest BCUT2D eigenvalue weighted by molar-refractivity contribution is 0.0612. The fourth-order valence-electron chi connectivity index (χ4n) is 5.74. The Labute approximate surface area is 262 Å². The molecule has 0 radical (unpaired) electrons. The quantitative estimate of drug-likeness (QED) is 0.227. The number of hydrogen-bond acceptors (Lipinski definition) is 7. The fourth-order valence-corrected chi connectivity index (χ4v) is 5.74. The monoisotopic (exact) mass is 600 g/mol. The van der Waals surface area contributed by atoms with Gasteiger partial charge in [0.15, 0.2) is 0 Å². The number of nitrogens with one attached hydrogen (secondary N) is 1.